The highest BCUT2D eigenvalue weighted by molar-refractivity contribution is 6.46. The van der Waals surface area contributed by atoms with Gasteiger partial charge < -0.3 is 15.1 Å². The predicted molar refractivity (Wildman–Crippen MR) is 113 cm³/mol. The van der Waals surface area contributed by atoms with Crippen LogP contribution in [0, 0.1) is 6.92 Å². The van der Waals surface area contributed by atoms with E-state index in [0.717, 1.165) is 11.1 Å². The van der Waals surface area contributed by atoms with Crippen LogP contribution in [0.15, 0.2) is 60.2 Å². The van der Waals surface area contributed by atoms with Crippen molar-refractivity contribution in [2.45, 2.75) is 38.6 Å². The zero-order valence-corrected chi connectivity index (χ0v) is 16.9. The number of likely N-dealkylation sites (tertiary alicyclic amines) is 1. The quantitative estimate of drug-likeness (QED) is 0.298. The van der Waals surface area contributed by atoms with Gasteiger partial charge in [0.2, 0.25) is 0 Å². The number of hydrogen-bond donors (Lipinski definition) is 2. The second-order valence-corrected chi connectivity index (χ2v) is 7.47. The fourth-order valence-electron chi connectivity index (χ4n) is 3.69. The molecule has 156 valence electrons. The molecular weight excluding hydrogens is 382 g/mol. The van der Waals surface area contributed by atoms with Gasteiger partial charge in [0.25, 0.3) is 11.7 Å². The number of aliphatic carboxylic acids is 1. The number of carboxylic acid groups (broad SMARTS) is 1. The van der Waals surface area contributed by atoms with Crippen LogP contribution in [0.25, 0.3) is 5.76 Å². The number of rotatable bonds is 8. The summed E-state index contributed by atoms with van der Waals surface area (Å²) in [4.78, 5) is 37.8. The minimum Gasteiger partial charge on any atom is -0.507 e. The summed E-state index contributed by atoms with van der Waals surface area (Å²) in [6.07, 6.45) is 1.80. The van der Waals surface area contributed by atoms with Gasteiger partial charge in [-0.05, 0) is 25.3 Å². The maximum atomic E-state index is 12.9. The number of benzene rings is 2. The maximum Gasteiger partial charge on any atom is 0.303 e. The Morgan fingerprint density at radius 1 is 0.933 bits per heavy atom. The topological polar surface area (TPSA) is 94.9 Å². The average molecular weight is 407 g/mol. The number of aliphatic hydroxyl groups is 1. The molecule has 1 heterocycles. The van der Waals surface area contributed by atoms with E-state index in [0.29, 0.717) is 31.4 Å². The Morgan fingerprint density at radius 2 is 1.60 bits per heavy atom. The van der Waals surface area contributed by atoms with E-state index in [1.54, 1.807) is 12.1 Å². The number of unbranched alkanes of at least 4 members (excludes halogenated alkanes) is 2. The number of aliphatic hydroxyl groups excluding tert-OH is 1. The van der Waals surface area contributed by atoms with Gasteiger partial charge in [-0.25, -0.2) is 0 Å². The van der Waals surface area contributed by atoms with Crippen molar-refractivity contribution < 1.29 is 24.6 Å². The van der Waals surface area contributed by atoms with E-state index in [9.17, 15) is 19.5 Å². The molecule has 1 unspecified atom stereocenters. The fraction of sp³-hybridized carbons (Fsp3) is 0.292. The molecule has 0 aliphatic carbocycles. The number of aryl methyl sites for hydroxylation is 1. The van der Waals surface area contributed by atoms with E-state index < -0.39 is 23.7 Å². The van der Waals surface area contributed by atoms with Gasteiger partial charge >= 0.3 is 5.97 Å². The van der Waals surface area contributed by atoms with Gasteiger partial charge in [-0.2, -0.15) is 0 Å². The summed E-state index contributed by atoms with van der Waals surface area (Å²) in [6.45, 7) is 2.24. The molecule has 6 nitrogen and oxygen atoms in total. The number of amides is 1. The van der Waals surface area contributed by atoms with E-state index in [4.69, 9.17) is 5.11 Å². The maximum absolute atomic E-state index is 12.9. The van der Waals surface area contributed by atoms with E-state index in [1.807, 2.05) is 49.4 Å². The summed E-state index contributed by atoms with van der Waals surface area (Å²) in [5.74, 6) is -2.38. The van der Waals surface area contributed by atoms with E-state index in [1.165, 1.54) is 4.90 Å². The summed E-state index contributed by atoms with van der Waals surface area (Å²) >= 11 is 0. The largest absolute Gasteiger partial charge is 0.507 e. The zero-order valence-electron chi connectivity index (χ0n) is 16.9. The Balaban J connectivity index is 1.94. The van der Waals surface area contributed by atoms with Crippen molar-refractivity contribution in [1.82, 2.24) is 4.90 Å². The van der Waals surface area contributed by atoms with Crippen LogP contribution >= 0.6 is 0 Å². The molecule has 0 saturated carbocycles. The number of ketones is 1. The third kappa shape index (κ3) is 4.59. The molecule has 30 heavy (non-hydrogen) atoms. The minimum absolute atomic E-state index is 0.0777. The molecule has 1 aliphatic heterocycles. The van der Waals surface area contributed by atoms with Gasteiger partial charge in [0.1, 0.15) is 5.76 Å². The average Bonchev–Trinajstić information content (AvgIpc) is 2.99. The first-order valence-electron chi connectivity index (χ1n) is 10.0. The van der Waals surface area contributed by atoms with Gasteiger partial charge in [-0.1, -0.05) is 66.6 Å². The van der Waals surface area contributed by atoms with Crippen molar-refractivity contribution in [3.8, 4) is 0 Å². The Hall–Kier alpha value is -3.41. The summed E-state index contributed by atoms with van der Waals surface area (Å²) in [7, 11) is 0. The van der Waals surface area contributed by atoms with Gasteiger partial charge in [0, 0.05) is 18.5 Å². The van der Waals surface area contributed by atoms with Crippen molar-refractivity contribution in [3.63, 3.8) is 0 Å². The Bertz CT molecular complexity index is 963. The standard InChI is InChI=1S/C24H25NO5/c1-16-11-13-18(14-12-16)22(28)20-21(17-8-4-2-5-9-17)25(24(30)23(20)29)15-7-3-6-10-19(26)27/h2,4-5,8-9,11-14,21,28H,3,6-7,10,15H2,1H3,(H,26,27). The van der Waals surface area contributed by atoms with Crippen molar-refractivity contribution in [3.05, 3.63) is 76.9 Å². The molecule has 0 aromatic heterocycles. The lowest BCUT2D eigenvalue weighted by atomic mass is 9.95. The van der Waals surface area contributed by atoms with Crippen molar-refractivity contribution in [2.75, 3.05) is 6.54 Å². The number of carbonyl (C=O) groups excluding carboxylic acids is 2. The van der Waals surface area contributed by atoms with Crippen LogP contribution in [0.4, 0.5) is 0 Å². The van der Waals surface area contributed by atoms with Crippen LogP contribution in [-0.2, 0) is 14.4 Å². The molecular formula is C24H25NO5. The summed E-state index contributed by atoms with van der Waals surface area (Å²) < 4.78 is 0. The van der Waals surface area contributed by atoms with Crippen LogP contribution in [-0.4, -0.2) is 39.3 Å². The molecule has 0 bridgehead atoms. The van der Waals surface area contributed by atoms with Crippen molar-refractivity contribution in [1.29, 1.82) is 0 Å². The molecule has 0 radical (unpaired) electrons. The molecule has 2 aromatic carbocycles. The predicted octanol–water partition coefficient (Wildman–Crippen LogP) is 4.06. The number of hydrogen-bond acceptors (Lipinski definition) is 4. The summed E-state index contributed by atoms with van der Waals surface area (Å²) in [5, 5.41) is 19.7. The fourth-order valence-corrected chi connectivity index (χ4v) is 3.69. The highest BCUT2D eigenvalue weighted by atomic mass is 16.4. The smallest absolute Gasteiger partial charge is 0.303 e. The van der Waals surface area contributed by atoms with Crippen LogP contribution in [0.3, 0.4) is 0 Å². The Morgan fingerprint density at radius 3 is 2.23 bits per heavy atom. The van der Waals surface area contributed by atoms with Crippen LogP contribution in [0.1, 0.15) is 48.4 Å². The molecule has 1 atom stereocenters. The minimum atomic E-state index is -0.849. The van der Waals surface area contributed by atoms with Gasteiger partial charge in [-0.3, -0.25) is 14.4 Å². The highest BCUT2D eigenvalue weighted by Crippen LogP contribution is 2.39. The highest BCUT2D eigenvalue weighted by Gasteiger charge is 2.45. The molecule has 1 amide bonds. The Kier molecular flexibility index (Phi) is 6.67. The van der Waals surface area contributed by atoms with Gasteiger partial charge in [0.15, 0.2) is 0 Å². The summed E-state index contributed by atoms with van der Waals surface area (Å²) in [5.41, 5.74) is 2.34. The lowest BCUT2D eigenvalue weighted by molar-refractivity contribution is -0.140. The molecule has 1 saturated heterocycles. The Labute approximate surface area is 175 Å². The molecule has 1 aliphatic rings. The third-order valence-corrected chi connectivity index (χ3v) is 5.27. The molecule has 2 N–H and O–H groups in total. The van der Waals surface area contributed by atoms with Crippen LogP contribution < -0.4 is 0 Å². The third-order valence-electron chi connectivity index (χ3n) is 5.27. The number of nitrogens with zero attached hydrogens (tertiary/aromatic N) is 1. The van der Waals surface area contributed by atoms with Crippen molar-refractivity contribution in [2.24, 2.45) is 0 Å². The first-order chi connectivity index (χ1) is 14.4. The lowest BCUT2D eigenvalue weighted by Crippen LogP contribution is -2.30. The van der Waals surface area contributed by atoms with Crippen LogP contribution in [0.5, 0.6) is 0 Å². The molecule has 6 heteroatoms. The van der Waals surface area contributed by atoms with Gasteiger partial charge in [0.05, 0.1) is 11.6 Å². The van der Waals surface area contributed by atoms with Crippen LogP contribution in [0.2, 0.25) is 0 Å². The molecule has 3 rings (SSSR count). The summed E-state index contributed by atoms with van der Waals surface area (Å²) in [6, 6.07) is 15.6. The first kappa shape index (κ1) is 21.3. The monoisotopic (exact) mass is 407 g/mol. The number of carbonyl (C=O) groups is 3. The van der Waals surface area contributed by atoms with E-state index in [-0.39, 0.29) is 17.8 Å². The second-order valence-electron chi connectivity index (χ2n) is 7.47. The zero-order chi connectivity index (χ0) is 21.7. The second kappa shape index (κ2) is 9.39. The van der Waals surface area contributed by atoms with E-state index >= 15 is 0 Å². The molecule has 2 aromatic rings. The normalized spacial score (nSPS) is 18.0. The van der Waals surface area contributed by atoms with Crippen molar-refractivity contribution >= 4 is 23.4 Å². The number of Topliss-reactive ketones (excluding diaryl/α,β-unsaturated/α-hetero) is 1. The molecule has 0 spiro atoms. The van der Waals surface area contributed by atoms with E-state index in [2.05, 4.69) is 0 Å². The number of carboxylic acids is 1. The van der Waals surface area contributed by atoms with Gasteiger partial charge in [-0.15, -0.1) is 0 Å². The first-order valence-corrected chi connectivity index (χ1v) is 10.0. The molecule has 1 fully saturated rings. The lowest BCUT2D eigenvalue weighted by Gasteiger charge is -2.25. The SMILES string of the molecule is Cc1ccc(C(O)=C2C(=O)C(=O)N(CCCCCC(=O)O)C2c2ccccc2)cc1.